The van der Waals surface area contributed by atoms with E-state index in [1.54, 1.807) is 13.8 Å². The van der Waals surface area contributed by atoms with E-state index >= 15 is 0 Å². The standard InChI is InChI=1S/C8H14F2O/c1-6-5-8(9,10)4-3-7(6,2)11/h6,11H,3-5H2,1-2H3/t6?,7-/m1/s1. The van der Waals surface area contributed by atoms with Gasteiger partial charge in [0.05, 0.1) is 5.60 Å². The highest BCUT2D eigenvalue weighted by molar-refractivity contribution is 4.90. The molecule has 3 heteroatoms. The Hall–Kier alpha value is -0.180. The van der Waals surface area contributed by atoms with Crippen LogP contribution in [0.5, 0.6) is 0 Å². The van der Waals surface area contributed by atoms with Gasteiger partial charge in [0.25, 0.3) is 0 Å². The summed E-state index contributed by atoms with van der Waals surface area (Å²) in [5.74, 6) is -2.85. The van der Waals surface area contributed by atoms with E-state index in [1.165, 1.54) is 0 Å². The largest absolute Gasteiger partial charge is 0.390 e. The van der Waals surface area contributed by atoms with Crippen molar-refractivity contribution in [3.8, 4) is 0 Å². The van der Waals surface area contributed by atoms with E-state index in [0.29, 0.717) is 0 Å². The maximum Gasteiger partial charge on any atom is 0.248 e. The van der Waals surface area contributed by atoms with Gasteiger partial charge in [-0.3, -0.25) is 0 Å². The third-order valence-corrected chi connectivity index (χ3v) is 2.66. The molecule has 0 aromatic rings. The second-order valence-electron chi connectivity index (χ2n) is 3.82. The summed E-state index contributed by atoms with van der Waals surface area (Å²) in [5.41, 5.74) is -0.887. The Morgan fingerprint density at radius 1 is 1.36 bits per heavy atom. The minimum absolute atomic E-state index is 0.176. The molecular weight excluding hydrogens is 150 g/mol. The fraction of sp³-hybridized carbons (Fsp3) is 1.00. The molecule has 1 aliphatic carbocycles. The first-order chi connectivity index (χ1) is 4.83. The molecule has 1 unspecified atom stereocenters. The van der Waals surface area contributed by atoms with Gasteiger partial charge in [-0.15, -0.1) is 0 Å². The van der Waals surface area contributed by atoms with Crippen molar-refractivity contribution in [2.24, 2.45) is 5.92 Å². The zero-order valence-electron chi connectivity index (χ0n) is 6.90. The number of aliphatic hydroxyl groups is 1. The fourth-order valence-corrected chi connectivity index (χ4v) is 1.45. The van der Waals surface area contributed by atoms with Gasteiger partial charge in [0, 0.05) is 12.8 Å². The van der Waals surface area contributed by atoms with Crippen molar-refractivity contribution in [2.45, 2.75) is 44.6 Å². The lowest BCUT2D eigenvalue weighted by atomic mass is 9.76. The molecule has 0 heterocycles. The summed E-state index contributed by atoms with van der Waals surface area (Å²) in [6.45, 7) is 3.31. The van der Waals surface area contributed by atoms with Crippen LogP contribution in [0.25, 0.3) is 0 Å². The van der Waals surface area contributed by atoms with Crippen molar-refractivity contribution in [1.29, 1.82) is 0 Å². The van der Waals surface area contributed by atoms with Gasteiger partial charge < -0.3 is 5.11 Å². The van der Waals surface area contributed by atoms with Crippen molar-refractivity contribution in [3.63, 3.8) is 0 Å². The van der Waals surface area contributed by atoms with Gasteiger partial charge >= 0.3 is 0 Å². The quantitative estimate of drug-likeness (QED) is 0.582. The van der Waals surface area contributed by atoms with Crippen LogP contribution in [0, 0.1) is 5.92 Å². The van der Waals surface area contributed by atoms with Crippen molar-refractivity contribution in [1.82, 2.24) is 0 Å². The van der Waals surface area contributed by atoms with E-state index in [9.17, 15) is 13.9 Å². The summed E-state index contributed by atoms with van der Waals surface area (Å²) < 4.78 is 25.4. The summed E-state index contributed by atoms with van der Waals surface area (Å²) in [7, 11) is 0. The Morgan fingerprint density at radius 2 is 1.91 bits per heavy atom. The molecule has 2 atom stereocenters. The number of halogens is 2. The number of hydrogen-bond donors (Lipinski definition) is 1. The third kappa shape index (κ3) is 1.89. The van der Waals surface area contributed by atoms with Gasteiger partial charge in [-0.25, -0.2) is 8.78 Å². The van der Waals surface area contributed by atoms with Crippen LogP contribution in [-0.2, 0) is 0 Å². The molecule has 0 aromatic carbocycles. The van der Waals surface area contributed by atoms with Gasteiger partial charge in [-0.05, 0) is 19.3 Å². The van der Waals surface area contributed by atoms with Crippen LogP contribution in [-0.4, -0.2) is 16.6 Å². The average Bonchev–Trinajstić information content (AvgIpc) is 1.81. The van der Waals surface area contributed by atoms with Gasteiger partial charge in [0.2, 0.25) is 5.92 Å². The van der Waals surface area contributed by atoms with Gasteiger partial charge in [0.15, 0.2) is 0 Å². The Kier molecular flexibility index (Phi) is 1.95. The third-order valence-electron chi connectivity index (χ3n) is 2.66. The normalized spacial score (nSPS) is 43.9. The molecule has 0 saturated heterocycles. The molecule has 0 amide bonds. The highest BCUT2D eigenvalue weighted by Crippen LogP contribution is 2.41. The maximum atomic E-state index is 12.7. The summed E-state index contributed by atoms with van der Waals surface area (Å²) in [6, 6.07) is 0. The lowest BCUT2D eigenvalue weighted by Gasteiger charge is -2.38. The van der Waals surface area contributed by atoms with Crippen LogP contribution in [0.4, 0.5) is 8.78 Å². The highest BCUT2D eigenvalue weighted by Gasteiger charge is 2.44. The molecule has 0 aromatic heterocycles. The Labute approximate surface area is 65.4 Å². The first-order valence-electron chi connectivity index (χ1n) is 3.94. The molecular formula is C8H14F2O. The van der Waals surface area contributed by atoms with Crippen molar-refractivity contribution in [2.75, 3.05) is 0 Å². The first kappa shape index (κ1) is 8.91. The zero-order chi connectivity index (χ0) is 8.70. The van der Waals surface area contributed by atoms with E-state index in [1.807, 2.05) is 0 Å². The van der Waals surface area contributed by atoms with Crippen molar-refractivity contribution < 1.29 is 13.9 Å². The molecule has 0 spiro atoms. The van der Waals surface area contributed by atoms with Gasteiger partial charge in [-0.1, -0.05) is 6.92 Å². The van der Waals surface area contributed by atoms with Crippen molar-refractivity contribution >= 4 is 0 Å². The summed E-state index contributed by atoms with van der Waals surface area (Å²) >= 11 is 0. The van der Waals surface area contributed by atoms with Crippen LogP contribution in [0.15, 0.2) is 0 Å². The second kappa shape index (κ2) is 2.41. The van der Waals surface area contributed by atoms with E-state index < -0.39 is 11.5 Å². The molecule has 66 valence electrons. The second-order valence-corrected chi connectivity index (χ2v) is 3.82. The Morgan fingerprint density at radius 3 is 2.27 bits per heavy atom. The zero-order valence-corrected chi connectivity index (χ0v) is 6.90. The molecule has 0 aliphatic heterocycles. The molecule has 1 N–H and O–H groups in total. The summed E-state index contributed by atoms with van der Waals surface area (Å²) in [6.07, 6.45) is -0.147. The Bertz CT molecular complexity index is 154. The molecule has 0 bridgehead atoms. The van der Waals surface area contributed by atoms with E-state index in [0.717, 1.165) is 0 Å². The average molecular weight is 164 g/mol. The fourth-order valence-electron chi connectivity index (χ4n) is 1.45. The molecule has 0 radical (unpaired) electrons. The lowest BCUT2D eigenvalue weighted by molar-refractivity contribution is -0.127. The predicted molar refractivity (Wildman–Crippen MR) is 38.6 cm³/mol. The number of hydrogen-bond acceptors (Lipinski definition) is 1. The molecule has 11 heavy (non-hydrogen) atoms. The number of rotatable bonds is 0. The molecule has 1 nitrogen and oxygen atoms in total. The minimum Gasteiger partial charge on any atom is -0.390 e. The monoisotopic (exact) mass is 164 g/mol. The minimum atomic E-state index is -2.55. The van der Waals surface area contributed by atoms with Crippen LogP contribution in [0.2, 0.25) is 0 Å². The number of alkyl halides is 2. The lowest BCUT2D eigenvalue weighted by Crippen LogP contribution is -2.42. The molecule has 1 fully saturated rings. The smallest absolute Gasteiger partial charge is 0.248 e. The van der Waals surface area contributed by atoms with Crippen molar-refractivity contribution in [3.05, 3.63) is 0 Å². The van der Waals surface area contributed by atoms with E-state index in [4.69, 9.17) is 0 Å². The molecule has 1 saturated carbocycles. The molecule has 1 rings (SSSR count). The first-order valence-corrected chi connectivity index (χ1v) is 3.94. The highest BCUT2D eigenvalue weighted by atomic mass is 19.3. The van der Waals surface area contributed by atoms with E-state index in [2.05, 4.69) is 0 Å². The Balaban J connectivity index is 2.63. The topological polar surface area (TPSA) is 20.2 Å². The van der Waals surface area contributed by atoms with Crippen LogP contribution >= 0.6 is 0 Å². The maximum absolute atomic E-state index is 12.7. The van der Waals surface area contributed by atoms with Crippen LogP contribution < -0.4 is 0 Å². The van der Waals surface area contributed by atoms with E-state index in [-0.39, 0.29) is 25.2 Å². The molecule has 1 aliphatic rings. The van der Waals surface area contributed by atoms with Crippen LogP contribution in [0.1, 0.15) is 33.1 Å². The SMILES string of the molecule is CC1CC(F)(F)CC[C@@]1(C)O. The summed E-state index contributed by atoms with van der Waals surface area (Å²) in [5, 5.41) is 9.54. The summed E-state index contributed by atoms with van der Waals surface area (Å²) in [4.78, 5) is 0. The van der Waals surface area contributed by atoms with Gasteiger partial charge in [-0.2, -0.15) is 0 Å². The predicted octanol–water partition coefficient (Wildman–Crippen LogP) is 2.19. The van der Waals surface area contributed by atoms with Crippen LogP contribution in [0.3, 0.4) is 0 Å². The van der Waals surface area contributed by atoms with Gasteiger partial charge in [0.1, 0.15) is 0 Å².